The minimum atomic E-state index is -0.119. The number of aryl methyl sites for hydroxylation is 2. The number of imidazole rings is 1. The Bertz CT molecular complexity index is 869. The van der Waals surface area contributed by atoms with Gasteiger partial charge in [0.15, 0.2) is 11.3 Å². The number of hydrogen-bond donors (Lipinski definition) is 1. The van der Waals surface area contributed by atoms with Gasteiger partial charge >= 0.3 is 0 Å². The van der Waals surface area contributed by atoms with Gasteiger partial charge in [0.25, 0.3) is 5.91 Å². The molecule has 152 valence electrons. The van der Waals surface area contributed by atoms with Crippen molar-refractivity contribution < 1.29 is 9.53 Å². The van der Waals surface area contributed by atoms with Crippen molar-refractivity contribution in [2.24, 2.45) is 11.8 Å². The summed E-state index contributed by atoms with van der Waals surface area (Å²) in [4.78, 5) is 22.0. The second-order valence-corrected chi connectivity index (χ2v) is 9.60. The Labute approximate surface area is 167 Å². The fourth-order valence-corrected chi connectivity index (χ4v) is 5.18. The van der Waals surface area contributed by atoms with E-state index in [9.17, 15) is 4.79 Å². The Hall–Kier alpha value is -1.95. The summed E-state index contributed by atoms with van der Waals surface area (Å²) in [5, 5.41) is 3.33. The average Bonchev–Trinajstić information content (AvgIpc) is 2.98. The molecule has 2 heterocycles. The maximum absolute atomic E-state index is 13.1. The van der Waals surface area contributed by atoms with E-state index >= 15 is 0 Å². The van der Waals surface area contributed by atoms with Crippen LogP contribution in [0.4, 0.5) is 0 Å². The minimum absolute atomic E-state index is 0.0999. The van der Waals surface area contributed by atoms with E-state index in [4.69, 9.17) is 4.74 Å². The number of rotatable bonds is 3. The van der Waals surface area contributed by atoms with Crippen LogP contribution in [0.2, 0.25) is 0 Å². The third-order valence-corrected chi connectivity index (χ3v) is 6.15. The first kappa shape index (κ1) is 19.4. The lowest BCUT2D eigenvalue weighted by atomic mass is 9.67. The molecule has 1 N–H and O–H groups in total. The average molecular weight is 385 g/mol. The Kier molecular flexibility index (Phi) is 4.94. The topological polar surface area (TPSA) is 68.5 Å². The third kappa shape index (κ3) is 3.79. The molecule has 2 saturated carbocycles. The molecule has 2 fully saturated rings. The minimum Gasteiger partial charge on any atom is -0.373 e. The Morgan fingerprint density at radius 1 is 1.21 bits per heavy atom. The van der Waals surface area contributed by atoms with Crippen molar-refractivity contribution in [2.75, 3.05) is 0 Å². The first-order chi connectivity index (χ1) is 13.2. The first-order valence-electron chi connectivity index (χ1n) is 10.5. The van der Waals surface area contributed by atoms with Gasteiger partial charge < -0.3 is 10.1 Å². The highest BCUT2D eigenvalue weighted by molar-refractivity contribution is 5.98. The number of carbonyl (C=O) groups is 1. The summed E-state index contributed by atoms with van der Waals surface area (Å²) in [5.41, 5.74) is 2.89. The summed E-state index contributed by atoms with van der Waals surface area (Å²) < 4.78 is 8.17. The lowest BCUT2D eigenvalue weighted by Crippen LogP contribution is -2.53. The number of nitrogens with zero attached hydrogens (tertiary/aromatic N) is 3. The van der Waals surface area contributed by atoms with Gasteiger partial charge in [0.2, 0.25) is 0 Å². The Morgan fingerprint density at radius 3 is 2.54 bits per heavy atom. The smallest absolute Gasteiger partial charge is 0.274 e. The van der Waals surface area contributed by atoms with Crippen LogP contribution in [0.3, 0.4) is 0 Å². The molecule has 28 heavy (non-hydrogen) atoms. The molecule has 0 spiro atoms. The zero-order valence-corrected chi connectivity index (χ0v) is 17.7. The second kappa shape index (κ2) is 7.14. The molecular weight excluding hydrogens is 352 g/mol. The van der Waals surface area contributed by atoms with E-state index < -0.39 is 0 Å². The Balaban J connectivity index is 1.52. The summed E-state index contributed by atoms with van der Waals surface area (Å²) in [6.07, 6.45) is 7.61. The molecule has 0 saturated heterocycles. The van der Waals surface area contributed by atoms with Crippen molar-refractivity contribution in [3.05, 3.63) is 29.5 Å². The number of nitrogens with one attached hydrogen (secondary N) is 1. The monoisotopic (exact) mass is 384 g/mol. The van der Waals surface area contributed by atoms with Gasteiger partial charge in [-0.15, -0.1) is 0 Å². The molecule has 0 aromatic carbocycles. The summed E-state index contributed by atoms with van der Waals surface area (Å²) in [6.45, 7) is 10.3. The molecule has 4 atom stereocenters. The van der Waals surface area contributed by atoms with Gasteiger partial charge in [-0.1, -0.05) is 6.42 Å². The van der Waals surface area contributed by atoms with Gasteiger partial charge in [-0.25, -0.2) is 9.97 Å². The van der Waals surface area contributed by atoms with Crippen LogP contribution in [0.5, 0.6) is 0 Å². The standard InChI is InChI=1S/C22H32N4O2/c1-13-9-14(2)26-12-23-19(20(26)24-13)21(27)25-18-15-7-6-8-16(18)11-17(10-15)28-22(3,4)5/h9,12,15-18H,6-8,10-11H2,1-5H3,(H,25,27)/t15-,16+,17+,18+. The number of ether oxygens (including phenoxy) is 1. The molecule has 0 unspecified atom stereocenters. The highest BCUT2D eigenvalue weighted by Gasteiger charge is 2.42. The highest BCUT2D eigenvalue weighted by atomic mass is 16.5. The van der Waals surface area contributed by atoms with Gasteiger partial charge in [-0.05, 0) is 78.2 Å². The SMILES string of the molecule is Cc1cc(C)n2cnc(C(=O)N[C@H]3[C@@H]4CCC[C@H]3C[C@@H](OC(C)(C)C)C4)c2n1. The fourth-order valence-electron chi connectivity index (χ4n) is 5.18. The van der Waals surface area contributed by atoms with Crippen molar-refractivity contribution in [1.82, 2.24) is 19.7 Å². The van der Waals surface area contributed by atoms with Crippen LogP contribution in [-0.4, -0.2) is 38.0 Å². The van der Waals surface area contributed by atoms with Crippen LogP contribution in [0, 0.1) is 25.7 Å². The van der Waals surface area contributed by atoms with Crippen LogP contribution in [-0.2, 0) is 4.74 Å². The first-order valence-corrected chi connectivity index (χ1v) is 10.5. The van der Waals surface area contributed by atoms with E-state index in [0.29, 0.717) is 29.3 Å². The molecule has 6 nitrogen and oxygen atoms in total. The quantitative estimate of drug-likeness (QED) is 0.873. The molecule has 0 aliphatic heterocycles. The van der Waals surface area contributed by atoms with E-state index in [1.54, 1.807) is 6.33 Å². The normalized spacial score (nSPS) is 27.8. The summed E-state index contributed by atoms with van der Waals surface area (Å²) in [6, 6.07) is 2.21. The van der Waals surface area contributed by atoms with Crippen molar-refractivity contribution in [3.63, 3.8) is 0 Å². The Morgan fingerprint density at radius 2 is 1.89 bits per heavy atom. The number of amides is 1. The molecule has 2 aromatic rings. The van der Waals surface area contributed by atoms with E-state index in [-0.39, 0.29) is 17.6 Å². The zero-order valence-electron chi connectivity index (χ0n) is 17.7. The van der Waals surface area contributed by atoms with Crippen LogP contribution >= 0.6 is 0 Å². The summed E-state index contributed by atoms with van der Waals surface area (Å²) in [7, 11) is 0. The number of hydrogen-bond acceptors (Lipinski definition) is 4. The zero-order chi connectivity index (χ0) is 20.1. The lowest BCUT2D eigenvalue weighted by Gasteiger charge is -2.47. The fraction of sp³-hybridized carbons (Fsp3) is 0.682. The number of fused-ring (bicyclic) bond motifs is 3. The largest absolute Gasteiger partial charge is 0.373 e. The predicted molar refractivity (Wildman–Crippen MR) is 108 cm³/mol. The molecule has 2 bridgehead atoms. The number of carbonyl (C=O) groups excluding carboxylic acids is 1. The second-order valence-electron chi connectivity index (χ2n) is 9.60. The molecule has 6 heteroatoms. The van der Waals surface area contributed by atoms with Gasteiger partial charge in [0.05, 0.1) is 11.7 Å². The van der Waals surface area contributed by atoms with E-state index in [1.165, 1.54) is 6.42 Å². The van der Waals surface area contributed by atoms with Crippen molar-refractivity contribution >= 4 is 11.6 Å². The van der Waals surface area contributed by atoms with Gasteiger partial charge in [0, 0.05) is 17.4 Å². The van der Waals surface area contributed by atoms with Crippen molar-refractivity contribution in [3.8, 4) is 0 Å². The summed E-state index contributed by atoms with van der Waals surface area (Å²) in [5.74, 6) is 0.861. The van der Waals surface area contributed by atoms with Gasteiger partial charge in [-0.3, -0.25) is 9.20 Å². The maximum atomic E-state index is 13.1. The molecule has 1 amide bonds. The van der Waals surface area contributed by atoms with Crippen LogP contribution < -0.4 is 5.32 Å². The van der Waals surface area contributed by atoms with Crippen LogP contribution in [0.1, 0.15) is 74.8 Å². The molecule has 0 radical (unpaired) electrons. The van der Waals surface area contributed by atoms with Crippen LogP contribution in [0.25, 0.3) is 5.65 Å². The van der Waals surface area contributed by atoms with E-state index in [2.05, 4.69) is 36.1 Å². The van der Waals surface area contributed by atoms with Crippen molar-refractivity contribution in [2.45, 2.75) is 84.5 Å². The highest BCUT2D eigenvalue weighted by Crippen LogP contribution is 2.42. The van der Waals surface area contributed by atoms with Crippen LogP contribution in [0.15, 0.2) is 12.4 Å². The maximum Gasteiger partial charge on any atom is 0.274 e. The molecular formula is C22H32N4O2. The van der Waals surface area contributed by atoms with Gasteiger partial charge in [0.1, 0.15) is 6.33 Å². The molecule has 2 aliphatic carbocycles. The van der Waals surface area contributed by atoms with E-state index in [0.717, 1.165) is 37.1 Å². The molecule has 2 aromatic heterocycles. The molecule has 2 aliphatic rings. The van der Waals surface area contributed by atoms with E-state index in [1.807, 2.05) is 24.3 Å². The lowest BCUT2D eigenvalue weighted by molar-refractivity contribution is -0.103. The third-order valence-electron chi connectivity index (χ3n) is 6.15. The van der Waals surface area contributed by atoms with Crippen molar-refractivity contribution in [1.29, 1.82) is 0 Å². The molecule has 4 rings (SSSR count). The summed E-state index contributed by atoms with van der Waals surface area (Å²) >= 11 is 0. The van der Waals surface area contributed by atoms with Gasteiger partial charge in [-0.2, -0.15) is 0 Å². The number of aromatic nitrogens is 3. The predicted octanol–water partition coefficient (Wildman–Crippen LogP) is 3.84.